The van der Waals surface area contributed by atoms with Gasteiger partial charge >= 0.3 is 0 Å². The van der Waals surface area contributed by atoms with E-state index >= 15 is 0 Å². The fourth-order valence-electron chi connectivity index (χ4n) is 2.74. The number of hydrogen-bond acceptors (Lipinski definition) is 4. The van der Waals surface area contributed by atoms with E-state index < -0.39 is 0 Å². The highest BCUT2D eigenvalue weighted by molar-refractivity contribution is 6.30. The fourth-order valence-corrected chi connectivity index (χ4v) is 2.87. The van der Waals surface area contributed by atoms with Crippen LogP contribution in [0.5, 0.6) is 0 Å². The van der Waals surface area contributed by atoms with Gasteiger partial charge in [-0.2, -0.15) is 0 Å². The standard InChI is InChI=1S/C17H20ClN3O2.2ClH/c1-12-10-19-8-9-21(12)17(22)7-6-16-20-11-15(23-16)13-2-4-14(18)5-3-13;;/h2-5,11-12,19H,6-10H2,1H3;2*1H. The van der Waals surface area contributed by atoms with Gasteiger partial charge in [0.25, 0.3) is 0 Å². The molecule has 0 aliphatic carbocycles. The Labute approximate surface area is 164 Å². The maximum atomic E-state index is 12.3. The highest BCUT2D eigenvalue weighted by Crippen LogP contribution is 2.22. The van der Waals surface area contributed by atoms with Gasteiger partial charge in [0.15, 0.2) is 11.7 Å². The number of oxazole rings is 1. The molecule has 2 aromatic rings. The first kappa shape index (κ1) is 21.8. The van der Waals surface area contributed by atoms with Crippen molar-refractivity contribution in [1.82, 2.24) is 15.2 Å². The number of piperazine rings is 1. The summed E-state index contributed by atoms with van der Waals surface area (Å²) in [7, 11) is 0. The molecular weight excluding hydrogens is 385 g/mol. The summed E-state index contributed by atoms with van der Waals surface area (Å²) in [6.45, 7) is 4.54. The van der Waals surface area contributed by atoms with Crippen LogP contribution >= 0.6 is 36.4 Å². The van der Waals surface area contributed by atoms with Crippen LogP contribution in [0.4, 0.5) is 0 Å². The van der Waals surface area contributed by atoms with Crippen LogP contribution in [0.3, 0.4) is 0 Å². The average molecular weight is 407 g/mol. The lowest BCUT2D eigenvalue weighted by molar-refractivity contribution is -0.134. The van der Waals surface area contributed by atoms with Crippen molar-refractivity contribution in [2.24, 2.45) is 0 Å². The molecule has 1 aromatic heterocycles. The van der Waals surface area contributed by atoms with Gasteiger partial charge in [0.05, 0.1) is 6.20 Å². The van der Waals surface area contributed by atoms with Crippen LogP contribution in [0.15, 0.2) is 34.9 Å². The van der Waals surface area contributed by atoms with E-state index in [4.69, 9.17) is 16.0 Å². The van der Waals surface area contributed by atoms with Gasteiger partial charge in [0, 0.05) is 49.1 Å². The summed E-state index contributed by atoms with van der Waals surface area (Å²) in [5.74, 6) is 1.44. The number of nitrogens with zero attached hydrogens (tertiary/aromatic N) is 2. The molecule has 138 valence electrons. The van der Waals surface area contributed by atoms with Crippen molar-refractivity contribution in [3.05, 3.63) is 41.4 Å². The van der Waals surface area contributed by atoms with E-state index in [2.05, 4.69) is 17.2 Å². The molecule has 8 heteroatoms. The highest BCUT2D eigenvalue weighted by atomic mass is 35.5. The predicted molar refractivity (Wildman–Crippen MR) is 104 cm³/mol. The number of rotatable bonds is 4. The molecule has 0 bridgehead atoms. The number of nitrogens with one attached hydrogen (secondary N) is 1. The molecule has 1 saturated heterocycles. The Morgan fingerprint density at radius 1 is 1.36 bits per heavy atom. The summed E-state index contributed by atoms with van der Waals surface area (Å²) < 4.78 is 5.74. The van der Waals surface area contributed by atoms with Gasteiger partial charge in [-0.3, -0.25) is 4.79 Å². The van der Waals surface area contributed by atoms with Gasteiger partial charge in [0.1, 0.15) is 0 Å². The summed E-state index contributed by atoms with van der Waals surface area (Å²) in [6.07, 6.45) is 2.63. The van der Waals surface area contributed by atoms with Crippen molar-refractivity contribution in [3.8, 4) is 11.3 Å². The van der Waals surface area contributed by atoms with E-state index in [9.17, 15) is 4.79 Å². The first-order valence-electron chi connectivity index (χ1n) is 7.84. The normalized spacial score (nSPS) is 16.7. The second-order valence-electron chi connectivity index (χ2n) is 5.77. The summed E-state index contributed by atoms with van der Waals surface area (Å²) in [5.41, 5.74) is 0.926. The largest absolute Gasteiger partial charge is 0.441 e. The number of aryl methyl sites for hydroxylation is 1. The predicted octanol–water partition coefficient (Wildman–Crippen LogP) is 3.59. The van der Waals surface area contributed by atoms with E-state index in [0.717, 1.165) is 25.2 Å². The van der Waals surface area contributed by atoms with Crippen LogP contribution in [0.25, 0.3) is 11.3 Å². The van der Waals surface area contributed by atoms with E-state index in [-0.39, 0.29) is 36.8 Å². The Morgan fingerprint density at radius 2 is 2.08 bits per heavy atom. The van der Waals surface area contributed by atoms with Gasteiger partial charge in [-0.25, -0.2) is 4.98 Å². The van der Waals surface area contributed by atoms with Crippen molar-refractivity contribution in [3.63, 3.8) is 0 Å². The Kier molecular flexibility index (Phi) is 8.73. The minimum atomic E-state index is 0. The molecule has 25 heavy (non-hydrogen) atoms. The van der Waals surface area contributed by atoms with Crippen LogP contribution in [-0.4, -0.2) is 41.5 Å². The van der Waals surface area contributed by atoms with Crippen molar-refractivity contribution in [2.75, 3.05) is 19.6 Å². The second-order valence-corrected chi connectivity index (χ2v) is 6.20. The minimum absolute atomic E-state index is 0. The number of hydrogen-bond donors (Lipinski definition) is 1. The first-order chi connectivity index (χ1) is 11.1. The molecule has 3 rings (SSSR count). The summed E-state index contributed by atoms with van der Waals surface area (Å²) >= 11 is 5.88. The van der Waals surface area contributed by atoms with E-state index in [1.165, 1.54) is 0 Å². The fraction of sp³-hybridized carbons (Fsp3) is 0.412. The van der Waals surface area contributed by atoms with E-state index in [1.807, 2.05) is 29.2 Å². The molecule has 2 heterocycles. The molecule has 1 aliphatic rings. The summed E-state index contributed by atoms with van der Waals surface area (Å²) in [5, 5.41) is 3.97. The molecule has 1 aliphatic heterocycles. The van der Waals surface area contributed by atoms with Crippen molar-refractivity contribution in [2.45, 2.75) is 25.8 Å². The topological polar surface area (TPSA) is 58.4 Å². The quantitative estimate of drug-likeness (QED) is 0.843. The number of carbonyl (C=O) groups excluding carboxylic acids is 1. The third-order valence-corrected chi connectivity index (χ3v) is 4.31. The number of aromatic nitrogens is 1. The van der Waals surface area contributed by atoms with E-state index in [0.29, 0.717) is 29.5 Å². The molecular formula is C17H22Cl3N3O2. The zero-order valence-electron chi connectivity index (χ0n) is 13.9. The maximum absolute atomic E-state index is 12.3. The van der Waals surface area contributed by atoms with Crippen LogP contribution < -0.4 is 5.32 Å². The third kappa shape index (κ3) is 5.61. The Bertz CT molecular complexity index is 676. The molecule has 1 atom stereocenters. The van der Waals surface area contributed by atoms with Crippen LogP contribution in [0.2, 0.25) is 5.02 Å². The molecule has 1 fully saturated rings. The summed E-state index contributed by atoms with van der Waals surface area (Å²) in [6, 6.07) is 7.65. The van der Waals surface area contributed by atoms with Gasteiger partial charge < -0.3 is 14.6 Å². The smallest absolute Gasteiger partial charge is 0.223 e. The number of halogens is 3. The molecule has 1 amide bonds. The zero-order chi connectivity index (χ0) is 16.2. The molecule has 5 nitrogen and oxygen atoms in total. The molecule has 1 N–H and O–H groups in total. The van der Waals surface area contributed by atoms with Crippen molar-refractivity contribution >= 4 is 42.3 Å². The molecule has 1 aromatic carbocycles. The monoisotopic (exact) mass is 405 g/mol. The zero-order valence-corrected chi connectivity index (χ0v) is 16.3. The number of carbonyl (C=O) groups is 1. The lowest BCUT2D eigenvalue weighted by Crippen LogP contribution is -2.52. The van der Waals surface area contributed by atoms with Gasteiger partial charge in [-0.15, -0.1) is 24.8 Å². The lowest BCUT2D eigenvalue weighted by Gasteiger charge is -2.34. The molecule has 0 saturated carbocycles. The van der Waals surface area contributed by atoms with Crippen LogP contribution in [0.1, 0.15) is 19.2 Å². The Hall–Kier alpha value is -1.27. The minimum Gasteiger partial charge on any atom is -0.441 e. The van der Waals surface area contributed by atoms with Gasteiger partial charge in [0.2, 0.25) is 5.91 Å². The van der Waals surface area contributed by atoms with Gasteiger partial charge in [-0.05, 0) is 31.2 Å². The van der Waals surface area contributed by atoms with E-state index in [1.54, 1.807) is 6.20 Å². The first-order valence-corrected chi connectivity index (χ1v) is 8.22. The number of amides is 1. The molecule has 0 radical (unpaired) electrons. The summed E-state index contributed by atoms with van der Waals surface area (Å²) in [4.78, 5) is 18.5. The maximum Gasteiger partial charge on any atom is 0.223 e. The third-order valence-electron chi connectivity index (χ3n) is 4.06. The number of benzene rings is 1. The highest BCUT2D eigenvalue weighted by Gasteiger charge is 2.22. The molecule has 0 spiro atoms. The Morgan fingerprint density at radius 3 is 2.76 bits per heavy atom. The lowest BCUT2D eigenvalue weighted by atomic mass is 10.2. The average Bonchev–Trinajstić information content (AvgIpc) is 3.03. The van der Waals surface area contributed by atoms with Crippen LogP contribution in [0, 0.1) is 0 Å². The van der Waals surface area contributed by atoms with Crippen molar-refractivity contribution in [1.29, 1.82) is 0 Å². The molecule has 1 unspecified atom stereocenters. The second kappa shape index (κ2) is 10.0. The van der Waals surface area contributed by atoms with Crippen molar-refractivity contribution < 1.29 is 9.21 Å². The Balaban J connectivity index is 0.00000156. The van der Waals surface area contributed by atoms with Crippen LogP contribution in [-0.2, 0) is 11.2 Å². The SMILES string of the molecule is CC1CNCCN1C(=O)CCc1ncc(-c2ccc(Cl)cc2)o1.Cl.Cl. The van der Waals surface area contributed by atoms with Gasteiger partial charge in [-0.1, -0.05) is 11.6 Å².